The Morgan fingerprint density at radius 3 is 2.69 bits per heavy atom. The maximum absolute atomic E-state index is 10.9. The Morgan fingerprint density at radius 2 is 2.31 bits per heavy atom. The SMILES string of the molecule is COCC(NC(C)C1CC1)C(N)=O. The summed E-state index contributed by atoms with van der Waals surface area (Å²) in [5.41, 5.74) is 5.21. The molecule has 13 heavy (non-hydrogen) atoms. The van der Waals surface area contributed by atoms with Gasteiger partial charge < -0.3 is 15.8 Å². The van der Waals surface area contributed by atoms with Crippen molar-refractivity contribution in [3.63, 3.8) is 0 Å². The van der Waals surface area contributed by atoms with Crippen molar-refractivity contribution >= 4 is 5.91 Å². The Bertz CT molecular complexity index is 180. The summed E-state index contributed by atoms with van der Waals surface area (Å²) in [6.45, 7) is 2.44. The zero-order chi connectivity index (χ0) is 9.84. The van der Waals surface area contributed by atoms with E-state index in [-0.39, 0.29) is 11.9 Å². The lowest BCUT2D eigenvalue weighted by molar-refractivity contribution is -0.121. The molecule has 76 valence electrons. The standard InChI is InChI=1S/C9H18N2O2/c1-6(7-3-4-7)11-8(5-13-2)9(10)12/h6-8,11H,3-5H2,1-2H3,(H2,10,12). The molecular formula is C9H18N2O2. The third-order valence-electron chi connectivity index (χ3n) is 2.47. The van der Waals surface area contributed by atoms with Crippen LogP contribution in [0.4, 0.5) is 0 Å². The van der Waals surface area contributed by atoms with Crippen molar-refractivity contribution in [2.24, 2.45) is 11.7 Å². The number of methoxy groups -OCH3 is 1. The lowest BCUT2D eigenvalue weighted by Crippen LogP contribution is -2.48. The van der Waals surface area contributed by atoms with E-state index < -0.39 is 0 Å². The molecule has 1 aliphatic rings. The molecule has 1 rings (SSSR count). The molecule has 3 N–H and O–H groups in total. The zero-order valence-electron chi connectivity index (χ0n) is 8.25. The predicted molar refractivity (Wildman–Crippen MR) is 50.2 cm³/mol. The van der Waals surface area contributed by atoms with Gasteiger partial charge in [0.2, 0.25) is 5.91 Å². The Labute approximate surface area is 78.8 Å². The van der Waals surface area contributed by atoms with E-state index >= 15 is 0 Å². The molecule has 0 aliphatic heterocycles. The van der Waals surface area contributed by atoms with E-state index in [2.05, 4.69) is 12.2 Å². The highest BCUT2D eigenvalue weighted by Gasteiger charge is 2.30. The topological polar surface area (TPSA) is 64.3 Å². The third kappa shape index (κ3) is 3.32. The van der Waals surface area contributed by atoms with E-state index in [0.717, 1.165) is 5.92 Å². The fraction of sp³-hybridized carbons (Fsp3) is 0.889. The van der Waals surface area contributed by atoms with Crippen molar-refractivity contribution in [3.05, 3.63) is 0 Å². The lowest BCUT2D eigenvalue weighted by atomic mass is 10.2. The van der Waals surface area contributed by atoms with Crippen LogP contribution in [0.1, 0.15) is 19.8 Å². The lowest BCUT2D eigenvalue weighted by Gasteiger charge is -2.19. The van der Waals surface area contributed by atoms with Crippen LogP contribution < -0.4 is 11.1 Å². The van der Waals surface area contributed by atoms with Crippen LogP contribution in [-0.2, 0) is 9.53 Å². The van der Waals surface area contributed by atoms with Gasteiger partial charge in [-0.3, -0.25) is 4.79 Å². The average Bonchev–Trinajstić information content (AvgIpc) is 2.85. The van der Waals surface area contributed by atoms with Gasteiger partial charge in [-0.1, -0.05) is 0 Å². The van der Waals surface area contributed by atoms with Gasteiger partial charge in [-0.15, -0.1) is 0 Å². The number of ether oxygens (including phenoxy) is 1. The molecule has 0 heterocycles. The first-order chi connectivity index (χ1) is 6.15. The molecule has 0 radical (unpaired) electrons. The highest BCUT2D eigenvalue weighted by atomic mass is 16.5. The summed E-state index contributed by atoms with van der Waals surface area (Å²) in [5, 5.41) is 3.18. The highest BCUT2D eigenvalue weighted by molar-refractivity contribution is 5.80. The Kier molecular flexibility index (Phi) is 3.69. The number of rotatable bonds is 6. The Hall–Kier alpha value is -0.610. The van der Waals surface area contributed by atoms with Gasteiger partial charge >= 0.3 is 0 Å². The maximum atomic E-state index is 10.9. The molecule has 1 saturated carbocycles. The fourth-order valence-electron chi connectivity index (χ4n) is 1.43. The van der Waals surface area contributed by atoms with Gasteiger partial charge in [-0.05, 0) is 25.7 Å². The zero-order valence-corrected chi connectivity index (χ0v) is 8.25. The normalized spacial score (nSPS) is 21.1. The second-order valence-electron chi connectivity index (χ2n) is 3.70. The van der Waals surface area contributed by atoms with Crippen LogP contribution in [0.15, 0.2) is 0 Å². The highest BCUT2D eigenvalue weighted by Crippen LogP contribution is 2.32. The molecule has 0 bridgehead atoms. The third-order valence-corrected chi connectivity index (χ3v) is 2.47. The van der Waals surface area contributed by atoms with E-state index in [0.29, 0.717) is 12.6 Å². The molecule has 0 saturated heterocycles. The number of primary amides is 1. The fourth-order valence-corrected chi connectivity index (χ4v) is 1.43. The van der Waals surface area contributed by atoms with E-state index in [4.69, 9.17) is 10.5 Å². The van der Waals surface area contributed by atoms with Crippen molar-refractivity contribution < 1.29 is 9.53 Å². The summed E-state index contributed by atoms with van der Waals surface area (Å²) in [7, 11) is 1.57. The molecule has 2 atom stereocenters. The number of carbonyl (C=O) groups excluding carboxylic acids is 1. The number of hydrogen-bond donors (Lipinski definition) is 2. The molecular weight excluding hydrogens is 168 g/mol. The van der Waals surface area contributed by atoms with E-state index in [1.807, 2.05) is 0 Å². The molecule has 4 heteroatoms. The number of hydrogen-bond acceptors (Lipinski definition) is 3. The number of amides is 1. The van der Waals surface area contributed by atoms with Crippen LogP contribution >= 0.6 is 0 Å². The van der Waals surface area contributed by atoms with Crippen LogP contribution in [0, 0.1) is 5.92 Å². The summed E-state index contributed by atoms with van der Waals surface area (Å²) in [5.74, 6) is 0.382. The molecule has 1 aliphatic carbocycles. The summed E-state index contributed by atoms with van der Waals surface area (Å²) >= 11 is 0. The minimum absolute atomic E-state index is 0.339. The number of carbonyl (C=O) groups is 1. The summed E-state index contributed by atoms with van der Waals surface area (Å²) in [6.07, 6.45) is 2.51. The van der Waals surface area contributed by atoms with Gasteiger partial charge in [-0.2, -0.15) is 0 Å². The molecule has 1 fully saturated rings. The van der Waals surface area contributed by atoms with Crippen molar-refractivity contribution in [1.82, 2.24) is 5.32 Å². The first-order valence-corrected chi connectivity index (χ1v) is 4.69. The summed E-state index contributed by atoms with van der Waals surface area (Å²) in [6, 6.07) is 0.0215. The largest absolute Gasteiger partial charge is 0.383 e. The molecule has 0 aromatic carbocycles. The van der Waals surface area contributed by atoms with Gasteiger partial charge in [0, 0.05) is 13.2 Å². The number of nitrogens with two attached hydrogens (primary N) is 1. The minimum atomic E-state index is -0.347. The van der Waals surface area contributed by atoms with Gasteiger partial charge in [-0.25, -0.2) is 0 Å². The van der Waals surface area contributed by atoms with Crippen LogP contribution in [0.3, 0.4) is 0 Å². The second kappa shape index (κ2) is 4.58. The van der Waals surface area contributed by atoms with E-state index in [1.54, 1.807) is 7.11 Å². The summed E-state index contributed by atoms with van der Waals surface area (Å²) < 4.78 is 4.90. The monoisotopic (exact) mass is 186 g/mol. The van der Waals surface area contributed by atoms with Crippen molar-refractivity contribution in [2.45, 2.75) is 31.8 Å². The first-order valence-electron chi connectivity index (χ1n) is 4.69. The van der Waals surface area contributed by atoms with Gasteiger partial charge in [0.25, 0.3) is 0 Å². The number of nitrogens with one attached hydrogen (secondary N) is 1. The summed E-state index contributed by atoms with van der Waals surface area (Å²) in [4.78, 5) is 10.9. The van der Waals surface area contributed by atoms with Crippen molar-refractivity contribution in [1.29, 1.82) is 0 Å². The first kappa shape index (κ1) is 10.5. The van der Waals surface area contributed by atoms with E-state index in [1.165, 1.54) is 12.8 Å². The van der Waals surface area contributed by atoms with Gasteiger partial charge in [0.15, 0.2) is 0 Å². The van der Waals surface area contributed by atoms with E-state index in [9.17, 15) is 4.79 Å². The molecule has 0 aromatic rings. The Balaban J connectivity index is 2.31. The van der Waals surface area contributed by atoms with Gasteiger partial charge in [0.1, 0.15) is 6.04 Å². The van der Waals surface area contributed by atoms with Gasteiger partial charge in [0.05, 0.1) is 6.61 Å². The molecule has 2 unspecified atom stereocenters. The van der Waals surface area contributed by atoms with Crippen LogP contribution in [0.5, 0.6) is 0 Å². The van der Waals surface area contributed by atoms with Crippen LogP contribution in [-0.4, -0.2) is 31.7 Å². The smallest absolute Gasteiger partial charge is 0.236 e. The maximum Gasteiger partial charge on any atom is 0.236 e. The average molecular weight is 186 g/mol. The molecule has 1 amide bonds. The minimum Gasteiger partial charge on any atom is -0.383 e. The Morgan fingerprint density at radius 1 is 1.69 bits per heavy atom. The second-order valence-corrected chi connectivity index (χ2v) is 3.70. The predicted octanol–water partition coefficient (Wildman–Crippen LogP) is -0.125. The van der Waals surface area contributed by atoms with Crippen molar-refractivity contribution in [2.75, 3.05) is 13.7 Å². The van der Waals surface area contributed by atoms with Crippen molar-refractivity contribution in [3.8, 4) is 0 Å². The van der Waals surface area contributed by atoms with Crippen LogP contribution in [0.25, 0.3) is 0 Å². The molecule has 4 nitrogen and oxygen atoms in total. The quantitative estimate of drug-likeness (QED) is 0.607. The molecule has 0 aromatic heterocycles. The van der Waals surface area contributed by atoms with Crippen LogP contribution in [0.2, 0.25) is 0 Å². The molecule has 0 spiro atoms.